The molecule has 0 aliphatic heterocycles. The summed E-state index contributed by atoms with van der Waals surface area (Å²) in [6.45, 7) is 1.42. The van der Waals surface area contributed by atoms with Crippen LogP contribution in [0.2, 0.25) is 0 Å². The molecule has 0 aliphatic rings. The smallest absolute Gasteiger partial charge is 0.324 e. The largest absolute Gasteiger partial charge is 0.433 e. The summed E-state index contributed by atoms with van der Waals surface area (Å²) in [6.07, 6.45) is -4.57. The number of benzene rings is 1. The summed E-state index contributed by atoms with van der Waals surface area (Å²) in [5.41, 5.74) is -0.253. The fraction of sp³-hybridized carbons (Fsp3) is 0.200. The Morgan fingerprint density at radius 2 is 2.04 bits per heavy atom. The fourth-order valence-electron chi connectivity index (χ4n) is 1.76. The van der Waals surface area contributed by atoms with Crippen molar-refractivity contribution >= 4 is 23.4 Å². The summed E-state index contributed by atoms with van der Waals surface area (Å²) in [5.74, 6) is -0.651. The van der Waals surface area contributed by atoms with Crippen LogP contribution in [0.25, 0.3) is 0 Å². The summed E-state index contributed by atoms with van der Waals surface area (Å²) in [5, 5.41) is 11.3. The van der Waals surface area contributed by atoms with E-state index in [9.17, 15) is 18.0 Å². The number of halogens is 3. The third-order valence-electron chi connectivity index (χ3n) is 2.78. The van der Waals surface area contributed by atoms with E-state index in [4.69, 9.17) is 5.26 Å². The van der Waals surface area contributed by atoms with Gasteiger partial charge in [0.15, 0.2) is 5.16 Å². The molecule has 0 unspecified atom stereocenters. The van der Waals surface area contributed by atoms with Gasteiger partial charge in [-0.05, 0) is 25.1 Å². The van der Waals surface area contributed by atoms with Gasteiger partial charge in [0.1, 0.15) is 11.8 Å². The first-order chi connectivity index (χ1) is 11.3. The van der Waals surface area contributed by atoms with Crippen LogP contribution in [-0.2, 0) is 11.0 Å². The zero-order chi connectivity index (χ0) is 17.7. The molecule has 24 heavy (non-hydrogen) atoms. The zero-order valence-electron chi connectivity index (χ0n) is 12.4. The van der Waals surface area contributed by atoms with E-state index in [1.165, 1.54) is 6.92 Å². The van der Waals surface area contributed by atoms with Gasteiger partial charge in [-0.2, -0.15) is 18.4 Å². The van der Waals surface area contributed by atoms with Crippen molar-refractivity contribution in [1.29, 1.82) is 5.26 Å². The number of aryl methyl sites for hydroxylation is 1. The maximum atomic E-state index is 12.7. The van der Waals surface area contributed by atoms with Crippen molar-refractivity contribution in [3.05, 3.63) is 47.3 Å². The van der Waals surface area contributed by atoms with Crippen LogP contribution in [-0.4, -0.2) is 21.6 Å². The molecule has 5 nitrogen and oxygen atoms in total. The minimum absolute atomic E-state index is 0.133. The van der Waals surface area contributed by atoms with E-state index in [0.29, 0.717) is 11.3 Å². The van der Waals surface area contributed by atoms with Crippen molar-refractivity contribution < 1.29 is 18.0 Å². The molecule has 0 fully saturated rings. The van der Waals surface area contributed by atoms with Crippen LogP contribution in [0.3, 0.4) is 0 Å². The number of aromatic nitrogens is 2. The van der Waals surface area contributed by atoms with Crippen LogP contribution in [0.1, 0.15) is 17.0 Å². The van der Waals surface area contributed by atoms with E-state index in [1.807, 2.05) is 6.07 Å². The summed E-state index contributed by atoms with van der Waals surface area (Å²) < 4.78 is 38.1. The van der Waals surface area contributed by atoms with Gasteiger partial charge < -0.3 is 5.32 Å². The van der Waals surface area contributed by atoms with Crippen molar-refractivity contribution in [3.63, 3.8) is 0 Å². The van der Waals surface area contributed by atoms with E-state index < -0.39 is 17.8 Å². The first kappa shape index (κ1) is 17.7. The molecular formula is C15H11F3N4OS. The van der Waals surface area contributed by atoms with Crippen molar-refractivity contribution in [1.82, 2.24) is 9.97 Å². The Bertz CT molecular complexity index is 802. The van der Waals surface area contributed by atoms with Crippen LogP contribution in [0.4, 0.5) is 18.9 Å². The Labute approximate surface area is 139 Å². The maximum absolute atomic E-state index is 12.7. The standard InChI is InChI=1S/C15H11F3N4OS/c1-9-6-12(15(16,17)18)22-14(20-9)24-8-13(23)21-11-5-3-2-4-10(11)7-19/h2-6H,8H2,1H3,(H,21,23). The Morgan fingerprint density at radius 1 is 1.33 bits per heavy atom. The van der Waals surface area contributed by atoms with Gasteiger partial charge in [-0.3, -0.25) is 4.79 Å². The maximum Gasteiger partial charge on any atom is 0.433 e. The quantitative estimate of drug-likeness (QED) is 0.674. The van der Waals surface area contributed by atoms with Gasteiger partial charge in [0.25, 0.3) is 0 Å². The molecule has 2 rings (SSSR count). The highest BCUT2D eigenvalue weighted by Crippen LogP contribution is 2.29. The molecule has 0 saturated heterocycles. The molecule has 0 saturated carbocycles. The zero-order valence-corrected chi connectivity index (χ0v) is 13.2. The average molecular weight is 352 g/mol. The van der Waals surface area contributed by atoms with E-state index in [1.54, 1.807) is 24.3 Å². The molecule has 1 aromatic carbocycles. The lowest BCUT2D eigenvalue weighted by molar-refractivity contribution is -0.141. The normalized spacial score (nSPS) is 11.0. The van der Waals surface area contributed by atoms with Crippen molar-refractivity contribution in [2.75, 3.05) is 11.1 Å². The predicted molar refractivity (Wildman–Crippen MR) is 82.3 cm³/mol. The van der Waals surface area contributed by atoms with Crippen molar-refractivity contribution in [2.45, 2.75) is 18.3 Å². The number of nitriles is 1. The number of hydrogen-bond donors (Lipinski definition) is 1. The van der Waals surface area contributed by atoms with Gasteiger partial charge in [0.2, 0.25) is 5.91 Å². The van der Waals surface area contributed by atoms with Gasteiger partial charge >= 0.3 is 6.18 Å². The number of anilines is 1. The molecule has 0 radical (unpaired) electrons. The van der Waals surface area contributed by atoms with Crippen LogP contribution in [0.15, 0.2) is 35.5 Å². The molecule has 1 aromatic heterocycles. The van der Waals surface area contributed by atoms with Gasteiger partial charge in [0.05, 0.1) is 17.0 Å². The van der Waals surface area contributed by atoms with Crippen LogP contribution >= 0.6 is 11.8 Å². The highest BCUT2D eigenvalue weighted by Gasteiger charge is 2.33. The highest BCUT2D eigenvalue weighted by molar-refractivity contribution is 7.99. The molecule has 1 heterocycles. The van der Waals surface area contributed by atoms with Gasteiger partial charge in [-0.25, -0.2) is 9.97 Å². The molecule has 0 atom stereocenters. The van der Waals surface area contributed by atoms with Crippen molar-refractivity contribution in [3.8, 4) is 6.07 Å². The number of nitrogens with zero attached hydrogens (tertiary/aromatic N) is 3. The third kappa shape index (κ3) is 4.70. The van der Waals surface area contributed by atoms with Gasteiger partial charge in [0, 0.05) is 5.69 Å². The molecule has 124 valence electrons. The lowest BCUT2D eigenvalue weighted by Gasteiger charge is -2.09. The first-order valence-corrected chi connectivity index (χ1v) is 7.63. The number of rotatable bonds is 4. The lowest BCUT2D eigenvalue weighted by atomic mass is 10.2. The van der Waals surface area contributed by atoms with E-state index in [0.717, 1.165) is 17.8 Å². The number of carbonyl (C=O) groups is 1. The van der Waals surface area contributed by atoms with Gasteiger partial charge in [-0.15, -0.1) is 0 Å². The molecule has 0 spiro atoms. The number of carbonyl (C=O) groups excluding carboxylic acids is 1. The van der Waals surface area contributed by atoms with Crippen molar-refractivity contribution in [2.24, 2.45) is 0 Å². The van der Waals surface area contributed by atoms with E-state index in [-0.39, 0.29) is 16.6 Å². The molecule has 0 bridgehead atoms. The van der Waals surface area contributed by atoms with Gasteiger partial charge in [-0.1, -0.05) is 23.9 Å². The third-order valence-corrected chi connectivity index (χ3v) is 3.63. The molecule has 2 aromatic rings. The first-order valence-electron chi connectivity index (χ1n) is 6.64. The van der Waals surface area contributed by atoms with Crippen LogP contribution in [0, 0.1) is 18.3 Å². The number of amides is 1. The number of nitrogens with one attached hydrogen (secondary N) is 1. The monoisotopic (exact) mass is 352 g/mol. The Hall–Kier alpha value is -2.60. The molecule has 1 amide bonds. The van der Waals surface area contributed by atoms with Crippen LogP contribution < -0.4 is 5.32 Å². The Morgan fingerprint density at radius 3 is 2.71 bits per heavy atom. The summed E-state index contributed by atoms with van der Waals surface area (Å²) in [4.78, 5) is 19.2. The minimum atomic E-state index is -4.57. The average Bonchev–Trinajstić information content (AvgIpc) is 2.52. The lowest BCUT2D eigenvalue weighted by Crippen LogP contribution is -2.16. The molecule has 9 heteroatoms. The number of para-hydroxylation sites is 1. The van der Waals surface area contributed by atoms with E-state index in [2.05, 4.69) is 15.3 Å². The Kier molecular flexibility index (Phi) is 5.41. The fourth-order valence-corrected chi connectivity index (χ4v) is 2.46. The molecule has 0 aliphatic carbocycles. The summed E-state index contributed by atoms with van der Waals surface area (Å²) >= 11 is 0.789. The number of hydrogen-bond acceptors (Lipinski definition) is 5. The predicted octanol–water partition coefficient (Wildman–Crippen LogP) is 3.41. The minimum Gasteiger partial charge on any atom is -0.324 e. The highest BCUT2D eigenvalue weighted by atomic mass is 32.2. The SMILES string of the molecule is Cc1cc(C(F)(F)F)nc(SCC(=O)Nc2ccccc2C#N)n1. The summed E-state index contributed by atoms with van der Waals surface area (Å²) in [6, 6.07) is 9.19. The molecule has 1 N–H and O–H groups in total. The summed E-state index contributed by atoms with van der Waals surface area (Å²) in [7, 11) is 0. The van der Waals surface area contributed by atoms with E-state index >= 15 is 0 Å². The second-order valence-corrected chi connectivity index (χ2v) is 5.61. The topological polar surface area (TPSA) is 78.7 Å². The molecular weight excluding hydrogens is 341 g/mol. The number of alkyl halides is 3. The Balaban J connectivity index is 2.04. The second-order valence-electron chi connectivity index (χ2n) is 4.67. The van der Waals surface area contributed by atoms with Crippen LogP contribution in [0.5, 0.6) is 0 Å². The second kappa shape index (κ2) is 7.31. The number of thioether (sulfide) groups is 1.